The molecular weight excluding hydrogens is 162 g/mol. The number of allylic oxidation sites excluding steroid dienone is 1. The van der Waals surface area contributed by atoms with E-state index in [9.17, 15) is 0 Å². The van der Waals surface area contributed by atoms with Crippen LogP contribution in [0.2, 0.25) is 0 Å². The lowest BCUT2D eigenvalue weighted by molar-refractivity contribution is 0.215. The molecule has 0 bridgehead atoms. The van der Waals surface area contributed by atoms with Crippen LogP contribution < -0.4 is 5.32 Å². The van der Waals surface area contributed by atoms with E-state index in [1.165, 1.54) is 0 Å². The minimum absolute atomic E-state index is 0.547. The average molecular weight is 179 g/mol. The van der Waals surface area contributed by atoms with Gasteiger partial charge in [-0.15, -0.1) is 0 Å². The number of rotatable bonds is 1. The summed E-state index contributed by atoms with van der Waals surface area (Å²) in [5.74, 6) is 0. The SMILES string of the molecule is CC1=CCC(N2CCNCC2)C=N1. The first-order valence-corrected chi connectivity index (χ1v) is 5.02. The molecule has 1 unspecified atom stereocenters. The minimum Gasteiger partial charge on any atom is -0.314 e. The Hall–Kier alpha value is -0.670. The maximum absolute atomic E-state index is 4.36. The standard InChI is InChI=1S/C10H17N3/c1-9-2-3-10(8-12-9)13-6-4-11-5-7-13/h2,8,10-11H,3-7H2,1H3. The van der Waals surface area contributed by atoms with Gasteiger partial charge in [-0.1, -0.05) is 6.08 Å². The number of nitrogens with one attached hydrogen (secondary N) is 1. The molecule has 72 valence electrons. The van der Waals surface area contributed by atoms with Crippen LogP contribution >= 0.6 is 0 Å². The second kappa shape index (κ2) is 4.03. The lowest BCUT2D eigenvalue weighted by Crippen LogP contribution is -2.49. The zero-order chi connectivity index (χ0) is 9.10. The lowest BCUT2D eigenvalue weighted by Gasteiger charge is -2.33. The molecule has 1 N–H and O–H groups in total. The van der Waals surface area contributed by atoms with E-state index in [1.807, 2.05) is 0 Å². The molecule has 0 spiro atoms. The third-order valence-corrected chi connectivity index (χ3v) is 2.73. The monoisotopic (exact) mass is 179 g/mol. The summed E-state index contributed by atoms with van der Waals surface area (Å²) in [4.78, 5) is 6.86. The van der Waals surface area contributed by atoms with Crippen molar-refractivity contribution in [1.82, 2.24) is 10.2 Å². The summed E-state index contributed by atoms with van der Waals surface area (Å²) >= 11 is 0. The van der Waals surface area contributed by atoms with Crippen LogP contribution in [0.5, 0.6) is 0 Å². The first-order valence-electron chi connectivity index (χ1n) is 5.02. The zero-order valence-corrected chi connectivity index (χ0v) is 8.16. The molecule has 2 heterocycles. The van der Waals surface area contributed by atoms with E-state index in [-0.39, 0.29) is 0 Å². The molecule has 2 aliphatic heterocycles. The molecular formula is C10H17N3. The fourth-order valence-electron chi connectivity index (χ4n) is 1.87. The molecule has 2 aliphatic rings. The lowest BCUT2D eigenvalue weighted by atomic mass is 10.1. The van der Waals surface area contributed by atoms with E-state index < -0.39 is 0 Å². The fraction of sp³-hybridized carbons (Fsp3) is 0.700. The van der Waals surface area contributed by atoms with Crippen molar-refractivity contribution in [3.63, 3.8) is 0 Å². The van der Waals surface area contributed by atoms with Crippen LogP contribution in [0.1, 0.15) is 13.3 Å². The predicted octanol–water partition coefficient (Wildman–Crippen LogP) is 0.639. The highest BCUT2D eigenvalue weighted by Gasteiger charge is 2.19. The van der Waals surface area contributed by atoms with E-state index in [0.717, 1.165) is 38.3 Å². The van der Waals surface area contributed by atoms with Gasteiger partial charge in [0.2, 0.25) is 0 Å². The van der Waals surface area contributed by atoms with Crippen molar-refractivity contribution in [2.45, 2.75) is 19.4 Å². The summed E-state index contributed by atoms with van der Waals surface area (Å²) in [6.45, 7) is 6.61. The Kier molecular flexibility index (Phi) is 2.76. The van der Waals surface area contributed by atoms with Gasteiger partial charge in [0, 0.05) is 44.1 Å². The maximum atomic E-state index is 4.36. The summed E-state index contributed by atoms with van der Waals surface area (Å²) < 4.78 is 0. The highest BCUT2D eigenvalue weighted by molar-refractivity contribution is 5.67. The molecule has 1 saturated heterocycles. The van der Waals surface area contributed by atoms with Gasteiger partial charge in [0.25, 0.3) is 0 Å². The quantitative estimate of drug-likeness (QED) is 0.639. The molecule has 0 aromatic heterocycles. The molecule has 0 aliphatic carbocycles. The van der Waals surface area contributed by atoms with Gasteiger partial charge < -0.3 is 5.32 Å². The zero-order valence-electron chi connectivity index (χ0n) is 8.16. The molecule has 13 heavy (non-hydrogen) atoms. The molecule has 0 aromatic rings. The van der Waals surface area contributed by atoms with E-state index in [4.69, 9.17) is 0 Å². The topological polar surface area (TPSA) is 27.6 Å². The van der Waals surface area contributed by atoms with Gasteiger partial charge in [0.05, 0.1) is 0 Å². The highest BCUT2D eigenvalue weighted by atomic mass is 15.2. The number of hydrogen-bond donors (Lipinski definition) is 1. The number of hydrogen-bond acceptors (Lipinski definition) is 3. The average Bonchev–Trinajstić information content (AvgIpc) is 2.20. The Morgan fingerprint density at radius 3 is 2.85 bits per heavy atom. The van der Waals surface area contributed by atoms with Crippen LogP contribution in [-0.2, 0) is 0 Å². The first kappa shape index (κ1) is 8.91. The molecule has 1 atom stereocenters. The molecule has 0 amide bonds. The first-order chi connectivity index (χ1) is 6.36. The Bertz CT molecular complexity index is 226. The number of piperazine rings is 1. The van der Waals surface area contributed by atoms with Crippen LogP contribution in [0.25, 0.3) is 0 Å². The summed E-state index contributed by atoms with van der Waals surface area (Å²) in [5, 5.41) is 3.36. The molecule has 0 radical (unpaired) electrons. The maximum Gasteiger partial charge on any atom is 0.0487 e. The second-order valence-corrected chi connectivity index (χ2v) is 3.71. The van der Waals surface area contributed by atoms with Crippen molar-refractivity contribution in [3.05, 3.63) is 11.8 Å². The van der Waals surface area contributed by atoms with E-state index in [1.54, 1.807) is 0 Å². The van der Waals surface area contributed by atoms with Gasteiger partial charge in [-0.05, 0) is 13.3 Å². The second-order valence-electron chi connectivity index (χ2n) is 3.71. The third-order valence-electron chi connectivity index (χ3n) is 2.73. The van der Waals surface area contributed by atoms with Gasteiger partial charge in [-0.2, -0.15) is 0 Å². The third kappa shape index (κ3) is 2.17. The normalized spacial score (nSPS) is 30.2. The van der Waals surface area contributed by atoms with Crippen LogP contribution in [0.15, 0.2) is 16.8 Å². The van der Waals surface area contributed by atoms with Crippen molar-refractivity contribution in [2.75, 3.05) is 26.2 Å². The summed E-state index contributed by atoms with van der Waals surface area (Å²) in [7, 11) is 0. The number of aliphatic imine (C=N–C) groups is 1. The van der Waals surface area contributed by atoms with Crippen LogP contribution in [0, 0.1) is 0 Å². The molecule has 1 fully saturated rings. The van der Waals surface area contributed by atoms with Crippen LogP contribution in [0.4, 0.5) is 0 Å². The van der Waals surface area contributed by atoms with Gasteiger partial charge in [0.15, 0.2) is 0 Å². The molecule has 3 heteroatoms. The predicted molar refractivity (Wildman–Crippen MR) is 55.1 cm³/mol. The largest absolute Gasteiger partial charge is 0.314 e. The van der Waals surface area contributed by atoms with Crippen LogP contribution in [0.3, 0.4) is 0 Å². The Balaban J connectivity index is 1.91. The van der Waals surface area contributed by atoms with Crippen molar-refractivity contribution >= 4 is 6.21 Å². The highest BCUT2D eigenvalue weighted by Crippen LogP contribution is 2.12. The Morgan fingerprint density at radius 2 is 2.23 bits per heavy atom. The molecule has 0 aromatic carbocycles. The van der Waals surface area contributed by atoms with Crippen molar-refractivity contribution < 1.29 is 0 Å². The van der Waals surface area contributed by atoms with Gasteiger partial charge >= 0.3 is 0 Å². The Labute approximate surface area is 79.5 Å². The molecule has 2 rings (SSSR count). The Morgan fingerprint density at radius 1 is 1.46 bits per heavy atom. The number of nitrogens with zero attached hydrogens (tertiary/aromatic N) is 2. The summed E-state index contributed by atoms with van der Waals surface area (Å²) in [6.07, 6.45) is 5.46. The van der Waals surface area contributed by atoms with E-state index >= 15 is 0 Å². The van der Waals surface area contributed by atoms with E-state index in [2.05, 4.69) is 34.4 Å². The van der Waals surface area contributed by atoms with Crippen molar-refractivity contribution in [3.8, 4) is 0 Å². The van der Waals surface area contributed by atoms with Gasteiger partial charge in [-0.25, -0.2) is 0 Å². The van der Waals surface area contributed by atoms with E-state index in [0.29, 0.717) is 6.04 Å². The smallest absolute Gasteiger partial charge is 0.0487 e. The summed E-state index contributed by atoms with van der Waals surface area (Å²) in [6, 6.07) is 0.547. The van der Waals surface area contributed by atoms with Crippen LogP contribution in [-0.4, -0.2) is 43.3 Å². The van der Waals surface area contributed by atoms with Gasteiger partial charge in [0.1, 0.15) is 0 Å². The van der Waals surface area contributed by atoms with Crippen molar-refractivity contribution in [1.29, 1.82) is 0 Å². The molecule has 0 saturated carbocycles. The minimum atomic E-state index is 0.547. The van der Waals surface area contributed by atoms with Crippen molar-refractivity contribution in [2.24, 2.45) is 4.99 Å². The summed E-state index contributed by atoms with van der Waals surface area (Å²) in [5.41, 5.74) is 1.16. The molecule has 3 nitrogen and oxygen atoms in total. The fourth-order valence-corrected chi connectivity index (χ4v) is 1.87. The van der Waals surface area contributed by atoms with Gasteiger partial charge in [-0.3, -0.25) is 9.89 Å².